The molecule has 12 nitrogen and oxygen atoms in total. The predicted molar refractivity (Wildman–Crippen MR) is 177 cm³/mol. The van der Waals surface area contributed by atoms with Crippen LogP contribution < -0.4 is 15.6 Å². The Kier molecular flexibility index (Phi) is 8.13. The molecule has 0 aliphatic carbocycles. The fourth-order valence-corrected chi connectivity index (χ4v) is 7.15. The number of amides is 4. The number of nitrogens with one attached hydrogen (secondary N) is 1. The molecule has 0 bridgehead atoms. The van der Waals surface area contributed by atoms with Gasteiger partial charge < -0.3 is 19.4 Å². The number of carbonyl (C=O) groups excluding carboxylic acids is 4. The lowest BCUT2D eigenvalue weighted by molar-refractivity contribution is -0.133. The van der Waals surface area contributed by atoms with E-state index in [2.05, 4.69) is 17.2 Å². The minimum absolute atomic E-state index is 0.0393. The summed E-state index contributed by atoms with van der Waals surface area (Å²) < 4.78 is 12.5. The third-order valence-electron chi connectivity index (χ3n) is 8.62. The number of hydrogen-bond acceptors (Lipinski definition) is 9. The van der Waals surface area contributed by atoms with Crippen LogP contribution in [0.2, 0.25) is 0 Å². The van der Waals surface area contributed by atoms with Gasteiger partial charge in [-0.25, -0.2) is 4.98 Å². The number of benzene rings is 2. The molecule has 3 aromatic heterocycles. The SMILES string of the molecule is Cc1c(C(=O)Nc2ccc(Oc3ccc4c(c3)C(=O)N(Cc3ccco3)C4=O)cc2)sc2ncn(CC(=O)N3CCCC(C)C3)c(=O)c12. The van der Waals surface area contributed by atoms with E-state index in [0.29, 0.717) is 68.2 Å². The first kappa shape index (κ1) is 31.1. The summed E-state index contributed by atoms with van der Waals surface area (Å²) >= 11 is 1.12. The Morgan fingerprint density at radius 1 is 1.04 bits per heavy atom. The quantitative estimate of drug-likeness (QED) is 0.215. The van der Waals surface area contributed by atoms with Crippen LogP contribution in [0, 0.1) is 12.8 Å². The fourth-order valence-electron chi connectivity index (χ4n) is 6.12. The Bertz CT molecular complexity index is 2130. The molecule has 2 aliphatic rings. The maximum atomic E-state index is 13.4. The molecule has 5 aromatic rings. The van der Waals surface area contributed by atoms with Crippen LogP contribution in [0.4, 0.5) is 5.69 Å². The Balaban J connectivity index is 1.01. The minimum Gasteiger partial charge on any atom is -0.467 e. The average molecular weight is 666 g/mol. The summed E-state index contributed by atoms with van der Waals surface area (Å²) in [4.78, 5) is 73.4. The minimum atomic E-state index is -0.429. The number of carbonyl (C=O) groups is 4. The van der Waals surface area contributed by atoms with Crippen LogP contribution >= 0.6 is 11.3 Å². The maximum Gasteiger partial charge on any atom is 0.266 e. The van der Waals surface area contributed by atoms with Gasteiger partial charge >= 0.3 is 0 Å². The lowest BCUT2D eigenvalue weighted by Crippen LogP contribution is -2.42. The molecular formula is C35H31N5O7S. The number of anilines is 1. The zero-order valence-electron chi connectivity index (χ0n) is 26.2. The number of piperidine rings is 1. The molecule has 4 amide bonds. The van der Waals surface area contributed by atoms with E-state index < -0.39 is 17.7 Å². The van der Waals surface area contributed by atoms with Gasteiger partial charge in [-0.05, 0) is 85.8 Å². The zero-order valence-corrected chi connectivity index (χ0v) is 27.0. The number of nitrogens with zero attached hydrogens (tertiary/aromatic N) is 4. The van der Waals surface area contributed by atoms with Gasteiger partial charge in [-0.3, -0.25) is 33.4 Å². The van der Waals surface area contributed by atoms with Crippen LogP contribution in [-0.2, 0) is 17.9 Å². The van der Waals surface area contributed by atoms with Crippen molar-refractivity contribution in [2.24, 2.45) is 5.92 Å². The molecule has 0 radical (unpaired) electrons. The molecule has 7 rings (SSSR count). The molecule has 5 heterocycles. The number of ether oxygens (including phenoxy) is 1. The molecule has 48 heavy (non-hydrogen) atoms. The second-order valence-corrected chi connectivity index (χ2v) is 13.1. The van der Waals surface area contributed by atoms with Gasteiger partial charge in [0.05, 0.1) is 40.5 Å². The highest BCUT2D eigenvalue weighted by Crippen LogP contribution is 2.32. The Morgan fingerprint density at radius 2 is 1.81 bits per heavy atom. The smallest absolute Gasteiger partial charge is 0.266 e. The third-order valence-corrected chi connectivity index (χ3v) is 9.82. The van der Waals surface area contributed by atoms with Gasteiger partial charge in [-0.15, -0.1) is 11.3 Å². The van der Waals surface area contributed by atoms with E-state index in [4.69, 9.17) is 9.15 Å². The van der Waals surface area contributed by atoms with E-state index in [9.17, 15) is 24.0 Å². The Labute approximate surface area is 278 Å². The van der Waals surface area contributed by atoms with Crippen LogP contribution in [0.5, 0.6) is 11.5 Å². The number of likely N-dealkylation sites (tertiary alicyclic amines) is 1. The Morgan fingerprint density at radius 3 is 2.56 bits per heavy atom. The van der Waals surface area contributed by atoms with Gasteiger partial charge in [0.1, 0.15) is 28.6 Å². The highest BCUT2D eigenvalue weighted by Gasteiger charge is 2.36. The van der Waals surface area contributed by atoms with Crippen molar-refractivity contribution in [3.05, 3.63) is 105 Å². The van der Waals surface area contributed by atoms with Crippen molar-refractivity contribution in [1.29, 1.82) is 0 Å². The van der Waals surface area contributed by atoms with E-state index in [1.165, 1.54) is 23.2 Å². The largest absolute Gasteiger partial charge is 0.467 e. The van der Waals surface area contributed by atoms with Crippen LogP contribution in [0.1, 0.15) is 61.5 Å². The number of furan rings is 1. The van der Waals surface area contributed by atoms with Crippen LogP contribution in [-0.4, -0.2) is 56.1 Å². The number of rotatable bonds is 8. The van der Waals surface area contributed by atoms with Crippen molar-refractivity contribution in [1.82, 2.24) is 19.4 Å². The van der Waals surface area contributed by atoms with Gasteiger partial charge in [-0.2, -0.15) is 0 Å². The molecule has 1 atom stereocenters. The number of fused-ring (bicyclic) bond motifs is 2. The van der Waals surface area contributed by atoms with Crippen molar-refractivity contribution in [3.8, 4) is 11.5 Å². The van der Waals surface area contributed by atoms with Crippen molar-refractivity contribution in [2.75, 3.05) is 18.4 Å². The molecule has 0 saturated carbocycles. The normalized spacial score (nSPS) is 16.0. The second-order valence-electron chi connectivity index (χ2n) is 12.1. The summed E-state index contributed by atoms with van der Waals surface area (Å²) in [6, 6.07) is 14.8. The molecule has 1 saturated heterocycles. The summed E-state index contributed by atoms with van der Waals surface area (Å²) in [6.45, 7) is 5.14. The zero-order chi connectivity index (χ0) is 33.5. The highest BCUT2D eigenvalue weighted by molar-refractivity contribution is 7.20. The molecular weight excluding hydrogens is 634 g/mol. The topological polar surface area (TPSA) is 144 Å². The van der Waals surface area contributed by atoms with Crippen LogP contribution in [0.25, 0.3) is 10.2 Å². The lowest BCUT2D eigenvalue weighted by atomic mass is 10.0. The molecule has 0 spiro atoms. The third kappa shape index (κ3) is 5.88. The van der Waals surface area contributed by atoms with Crippen LogP contribution in [0.15, 0.2) is 76.4 Å². The lowest BCUT2D eigenvalue weighted by Gasteiger charge is -2.31. The first-order chi connectivity index (χ1) is 23.2. The van der Waals surface area contributed by atoms with Crippen molar-refractivity contribution in [2.45, 2.75) is 39.8 Å². The average Bonchev–Trinajstić information content (AvgIpc) is 3.78. The number of imide groups is 1. The first-order valence-corrected chi connectivity index (χ1v) is 16.4. The molecule has 2 aliphatic heterocycles. The van der Waals surface area contributed by atoms with Gasteiger partial charge in [0.2, 0.25) is 5.91 Å². The van der Waals surface area contributed by atoms with E-state index in [1.807, 2.05) is 0 Å². The number of aryl methyl sites for hydroxylation is 1. The summed E-state index contributed by atoms with van der Waals surface area (Å²) in [5.41, 5.74) is 1.19. The van der Waals surface area contributed by atoms with Crippen LogP contribution in [0.3, 0.4) is 0 Å². The monoisotopic (exact) mass is 665 g/mol. The molecule has 1 N–H and O–H groups in total. The van der Waals surface area contributed by atoms with Crippen molar-refractivity contribution in [3.63, 3.8) is 0 Å². The van der Waals surface area contributed by atoms with Gasteiger partial charge in [0, 0.05) is 18.8 Å². The van der Waals surface area contributed by atoms with Crippen molar-refractivity contribution < 1.29 is 28.3 Å². The van der Waals surface area contributed by atoms with Gasteiger partial charge in [-0.1, -0.05) is 6.92 Å². The van der Waals surface area contributed by atoms with Gasteiger partial charge in [0.15, 0.2) is 0 Å². The molecule has 1 fully saturated rings. The summed E-state index contributed by atoms with van der Waals surface area (Å²) in [5.74, 6) is 0.421. The molecule has 1 unspecified atom stereocenters. The van der Waals surface area contributed by atoms with E-state index >= 15 is 0 Å². The second kappa shape index (κ2) is 12.6. The predicted octanol–water partition coefficient (Wildman–Crippen LogP) is 5.46. The molecule has 244 valence electrons. The first-order valence-electron chi connectivity index (χ1n) is 15.5. The summed E-state index contributed by atoms with van der Waals surface area (Å²) in [6.07, 6.45) is 4.89. The maximum absolute atomic E-state index is 13.4. The number of aromatic nitrogens is 2. The summed E-state index contributed by atoms with van der Waals surface area (Å²) in [5, 5.41) is 3.18. The van der Waals surface area contributed by atoms with E-state index in [0.717, 1.165) is 29.1 Å². The molecule has 2 aromatic carbocycles. The Hall–Kier alpha value is -5.56. The highest BCUT2D eigenvalue weighted by atomic mass is 32.1. The van der Waals surface area contributed by atoms with Gasteiger partial charge in [0.25, 0.3) is 23.3 Å². The number of thiophene rings is 1. The van der Waals surface area contributed by atoms with E-state index in [-0.39, 0.29) is 30.1 Å². The van der Waals surface area contributed by atoms with E-state index in [1.54, 1.807) is 60.4 Å². The standard InChI is InChI=1S/C35H31N5O7S/c1-20-5-3-13-38(16-20)28(41)18-39-19-36-32-29(35(39)45)21(2)30(48-32)31(42)37-22-7-9-23(10-8-22)47-24-11-12-26-27(15-24)34(44)40(33(26)43)17-25-6-4-14-46-25/h4,6-12,14-15,19-20H,3,5,13,16-18H2,1-2H3,(H,37,42). The molecule has 13 heteroatoms. The fraction of sp³-hybridized carbons (Fsp3) is 0.257. The summed E-state index contributed by atoms with van der Waals surface area (Å²) in [7, 11) is 0. The number of hydrogen-bond donors (Lipinski definition) is 1. The van der Waals surface area contributed by atoms with Crippen molar-refractivity contribution >= 4 is 50.9 Å².